The second-order valence-electron chi connectivity index (χ2n) is 7.47. The van der Waals surface area contributed by atoms with Gasteiger partial charge in [-0.15, -0.1) is 0 Å². The molecule has 2 aromatic rings. The molecule has 4 nitrogen and oxygen atoms in total. The molecule has 1 heterocycles. The van der Waals surface area contributed by atoms with Crippen molar-refractivity contribution in [3.05, 3.63) is 65.2 Å². The summed E-state index contributed by atoms with van der Waals surface area (Å²) in [6, 6.07) is 16.0. The first-order valence-electron chi connectivity index (χ1n) is 10.00. The molecule has 1 amide bonds. The maximum atomic E-state index is 12.5. The largest absolute Gasteiger partial charge is 0.491 e. The van der Waals surface area contributed by atoms with Gasteiger partial charge < -0.3 is 14.8 Å². The topological polar surface area (TPSA) is 47.6 Å². The molecule has 2 aromatic carbocycles. The number of hydrogen-bond acceptors (Lipinski definition) is 3. The number of ether oxygens (including phenoxy) is 2. The standard InChI is InChI=1S/C23H27NO3/c25-23(24-15-19-7-3-6-17-5-1-2-9-22(17)19)18-10-12-20(13-11-18)27-16-21-8-4-14-26-21/h1-2,5,9-13,19,21H,3-4,6-8,14-16H2,(H,24,25). The third kappa shape index (κ3) is 4.51. The van der Waals surface area contributed by atoms with Crippen LogP contribution in [0.25, 0.3) is 0 Å². The molecular formula is C23H27NO3. The number of amides is 1. The van der Waals surface area contributed by atoms with Crippen LogP contribution in [-0.2, 0) is 11.2 Å². The molecule has 4 rings (SSSR count). The Morgan fingerprint density at radius 3 is 2.74 bits per heavy atom. The number of nitrogens with one attached hydrogen (secondary N) is 1. The van der Waals surface area contributed by atoms with Crippen LogP contribution >= 0.6 is 0 Å². The van der Waals surface area contributed by atoms with Crippen molar-refractivity contribution in [1.29, 1.82) is 0 Å². The van der Waals surface area contributed by atoms with Crippen molar-refractivity contribution < 1.29 is 14.3 Å². The lowest BCUT2D eigenvalue weighted by Crippen LogP contribution is -2.29. The fourth-order valence-electron chi connectivity index (χ4n) is 4.05. The van der Waals surface area contributed by atoms with Gasteiger partial charge in [0, 0.05) is 24.6 Å². The van der Waals surface area contributed by atoms with Crippen LogP contribution < -0.4 is 10.1 Å². The Morgan fingerprint density at radius 1 is 1.07 bits per heavy atom. The Bertz CT molecular complexity index is 765. The molecule has 1 saturated heterocycles. The van der Waals surface area contributed by atoms with Crippen LogP contribution in [-0.4, -0.2) is 31.8 Å². The molecule has 0 saturated carbocycles. The summed E-state index contributed by atoms with van der Waals surface area (Å²) in [5.41, 5.74) is 3.49. The number of benzene rings is 2. The number of fused-ring (bicyclic) bond motifs is 1. The number of aryl methyl sites for hydroxylation is 1. The zero-order chi connectivity index (χ0) is 18.5. The van der Waals surface area contributed by atoms with Crippen LogP contribution in [0.1, 0.15) is 53.1 Å². The normalized spacial score (nSPS) is 21.5. The average Bonchev–Trinajstić information content (AvgIpc) is 3.24. The van der Waals surface area contributed by atoms with Gasteiger partial charge in [-0.05, 0) is 67.5 Å². The van der Waals surface area contributed by atoms with Gasteiger partial charge in [-0.2, -0.15) is 0 Å². The summed E-state index contributed by atoms with van der Waals surface area (Å²) in [7, 11) is 0. The van der Waals surface area contributed by atoms with Crippen LogP contribution in [0, 0.1) is 0 Å². The summed E-state index contributed by atoms with van der Waals surface area (Å²) in [4.78, 5) is 12.5. The van der Waals surface area contributed by atoms with E-state index in [9.17, 15) is 4.79 Å². The molecule has 142 valence electrons. The van der Waals surface area contributed by atoms with E-state index < -0.39 is 0 Å². The van der Waals surface area contributed by atoms with E-state index in [1.807, 2.05) is 24.3 Å². The van der Waals surface area contributed by atoms with Gasteiger partial charge in [-0.3, -0.25) is 4.79 Å². The molecule has 1 aliphatic carbocycles. The Balaban J connectivity index is 1.29. The lowest BCUT2D eigenvalue weighted by Gasteiger charge is -2.25. The lowest BCUT2D eigenvalue weighted by atomic mass is 9.83. The summed E-state index contributed by atoms with van der Waals surface area (Å²) in [6.07, 6.45) is 5.84. The van der Waals surface area contributed by atoms with Gasteiger partial charge >= 0.3 is 0 Å². The molecule has 0 radical (unpaired) electrons. The first kappa shape index (κ1) is 18.1. The molecule has 1 N–H and O–H groups in total. The van der Waals surface area contributed by atoms with E-state index in [1.165, 1.54) is 17.5 Å². The number of rotatable bonds is 6. The summed E-state index contributed by atoms with van der Waals surface area (Å²) in [5.74, 6) is 1.17. The highest BCUT2D eigenvalue weighted by Crippen LogP contribution is 2.30. The van der Waals surface area contributed by atoms with Crippen LogP contribution in [0.15, 0.2) is 48.5 Å². The van der Waals surface area contributed by atoms with Gasteiger partial charge in [0.15, 0.2) is 0 Å². The molecule has 0 bridgehead atoms. The van der Waals surface area contributed by atoms with E-state index in [0.29, 0.717) is 24.6 Å². The number of carbonyl (C=O) groups excluding carboxylic acids is 1. The molecule has 0 spiro atoms. The molecule has 27 heavy (non-hydrogen) atoms. The third-order valence-electron chi connectivity index (χ3n) is 5.58. The third-order valence-corrected chi connectivity index (χ3v) is 5.58. The van der Waals surface area contributed by atoms with Gasteiger partial charge in [-0.25, -0.2) is 0 Å². The fraction of sp³-hybridized carbons (Fsp3) is 0.435. The first-order chi connectivity index (χ1) is 13.3. The number of carbonyl (C=O) groups is 1. The van der Waals surface area contributed by atoms with E-state index in [-0.39, 0.29) is 12.0 Å². The summed E-state index contributed by atoms with van der Waals surface area (Å²) >= 11 is 0. The van der Waals surface area contributed by atoms with Gasteiger partial charge in [-0.1, -0.05) is 24.3 Å². The highest BCUT2D eigenvalue weighted by Gasteiger charge is 2.20. The van der Waals surface area contributed by atoms with Crippen LogP contribution in [0.2, 0.25) is 0 Å². The van der Waals surface area contributed by atoms with Crippen LogP contribution in [0.3, 0.4) is 0 Å². The predicted molar refractivity (Wildman–Crippen MR) is 105 cm³/mol. The van der Waals surface area contributed by atoms with Crippen molar-refractivity contribution in [2.24, 2.45) is 0 Å². The second kappa shape index (κ2) is 8.57. The van der Waals surface area contributed by atoms with Crippen molar-refractivity contribution in [3.63, 3.8) is 0 Å². The molecular weight excluding hydrogens is 338 g/mol. The zero-order valence-corrected chi connectivity index (χ0v) is 15.7. The minimum Gasteiger partial charge on any atom is -0.491 e. The molecule has 4 heteroatoms. The Morgan fingerprint density at radius 2 is 1.93 bits per heavy atom. The monoisotopic (exact) mass is 365 g/mol. The van der Waals surface area contributed by atoms with Crippen LogP contribution in [0.5, 0.6) is 5.75 Å². The highest BCUT2D eigenvalue weighted by molar-refractivity contribution is 5.94. The predicted octanol–water partition coefficient (Wildman–Crippen LogP) is 4.09. The minimum absolute atomic E-state index is 0.0243. The number of hydrogen-bond donors (Lipinski definition) is 1. The molecule has 1 aliphatic heterocycles. The molecule has 2 unspecified atom stereocenters. The smallest absolute Gasteiger partial charge is 0.251 e. The molecule has 2 aliphatic rings. The van der Waals surface area contributed by atoms with E-state index in [1.54, 1.807) is 0 Å². The quantitative estimate of drug-likeness (QED) is 0.839. The Hall–Kier alpha value is -2.33. The second-order valence-corrected chi connectivity index (χ2v) is 7.47. The fourth-order valence-corrected chi connectivity index (χ4v) is 4.05. The maximum absolute atomic E-state index is 12.5. The van der Waals surface area contributed by atoms with Gasteiger partial charge in [0.2, 0.25) is 0 Å². The maximum Gasteiger partial charge on any atom is 0.251 e. The zero-order valence-electron chi connectivity index (χ0n) is 15.7. The summed E-state index contributed by atoms with van der Waals surface area (Å²) in [6.45, 7) is 2.10. The molecule has 1 fully saturated rings. The van der Waals surface area contributed by atoms with Gasteiger partial charge in [0.05, 0.1) is 6.10 Å². The van der Waals surface area contributed by atoms with Gasteiger partial charge in [0.25, 0.3) is 5.91 Å². The minimum atomic E-state index is -0.0243. The van der Waals surface area contributed by atoms with E-state index in [0.717, 1.165) is 38.0 Å². The highest BCUT2D eigenvalue weighted by atomic mass is 16.5. The van der Waals surface area contributed by atoms with Crippen molar-refractivity contribution in [2.75, 3.05) is 19.8 Å². The van der Waals surface area contributed by atoms with Gasteiger partial charge in [0.1, 0.15) is 12.4 Å². The average molecular weight is 365 g/mol. The van der Waals surface area contributed by atoms with Crippen molar-refractivity contribution >= 4 is 5.91 Å². The SMILES string of the molecule is O=C(NCC1CCCc2ccccc21)c1ccc(OCC2CCCO2)cc1. The first-order valence-corrected chi connectivity index (χ1v) is 10.00. The van der Waals surface area contributed by atoms with Crippen molar-refractivity contribution in [1.82, 2.24) is 5.32 Å². The Kier molecular flexibility index (Phi) is 5.73. The lowest BCUT2D eigenvalue weighted by molar-refractivity contribution is 0.0679. The van der Waals surface area contributed by atoms with E-state index in [4.69, 9.17) is 9.47 Å². The van der Waals surface area contributed by atoms with E-state index in [2.05, 4.69) is 29.6 Å². The van der Waals surface area contributed by atoms with Crippen molar-refractivity contribution in [2.45, 2.75) is 44.1 Å². The Labute approximate surface area is 160 Å². The molecule has 2 atom stereocenters. The van der Waals surface area contributed by atoms with E-state index >= 15 is 0 Å². The summed E-state index contributed by atoms with van der Waals surface area (Å²) < 4.78 is 11.3. The molecule has 0 aromatic heterocycles. The van der Waals surface area contributed by atoms with Crippen LogP contribution in [0.4, 0.5) is 0 Å². The van der Waals surface area contributed by atoms with Crippen molar-refractivity contribution in [3.8, 4) is 5.75 Å². The summed E-state index contributed by atoms with van der Waals surface area (Å²) in [5, 5.41) is 3.11.